The Labute approximate surface area is 76.3 Å². The van der Waals surface area contributed by atoms with E-state index in [9.17, 15) is 0 Å². The van der Waals surface area contributed by atoms with Crippen LogP contribution in [0.3, 0.4) is 0 Å². The summed E-state index contributed by atoms with van der Waals surface area (Å²) in [4.78, 5) is 0. The Morgan fingerprint density at radius 2 is 2.09 bits per heavy atom. The molecule has 0 unspecified atom stereocenters. The summed E-state index contributed by atoms with van der Waals surface area (Å²) < 4.78 is 0. The third-order valence-corrected chi connectivity index (χ3v) is 1.85. The van der Waals surface area contributed by atoms with Crippen LogP contribution in [-0.4, -0.2) is 6.54 Å². The Bertz CT molecular complexity index is 248. The van der Waals surface area contributed by atoms with E-state index >= 15 is 0 Å². The van der Waals surface area contributed by atoms with Crippen molar-refractivity contribution in [1.29, 1.82) is 0 Å². The first-order valence-electron chi connectivity index (χ1n) is 3.43. The van der Waals surface area contributed by atoms with Gasteiger partial charge in [0.1, 0.15) is 0 Å². The van der Waals surface area contributed by atoms with Crippen LogP contribution in [0.2, 0.25) is 10.0 Å². The number of rotatable bonds is 2. The third kappa shape index (κ3) is 2.28. The molecule has 60 valence electrons. The van der Waals surface area contributed by atoms with Crippen molar-refractivity contribution in [3.63, 3.8) is 0 Å². The van der Waals surface area contributed by atoms with E-state index in [0.717, 1.165) is 12.2 Å². The summed E-state index contributed by atoms with van der Waals surface area (Å²) in [6, 6.07) is 5.40. The molecule has 0 amide bonds. The fraction of sp³-hybridized carbons (Fsp3) is 0.250. The van der Waals surface area contributed by atoms with Crippen molar-refractivity contribution in [2.24, 2.45) is 0 Å². The SMILES string of the molecule is CCNc1ccc(Cl)cc1Cl. The molecule has 0 saturated carbocycles. The first kappa shape index (κ1) is 8.69. The lowest BCUT2D eigenvalue weighted by Gasteiger charge is -2.04. The lowest BCUT2D eigenvalue weighted by molar-refractivity contribution is 1.21. The van der Waals surface area contributed by atoms with E-state index in [1.165, 1.54) is 0 Å². The lowest BCUT2D eigenvalue weighted by atomic mass is 10.3. The first-order valence-corrected chi connectivity index (χ1v) is 4.18. The molecular formula is C8H9Cl2N. The van der Waals surface area contributed by atoms with Crippen LogP contribution in [-0.2, 0) is 0 Å². The Balaban J connectivity index is 2.90. The number of halogens is 2. The van der Waals surface area contributed by atoms with Crippen LogP contribution >= 0.6 is 23.2 Å². The van der Waals surface area contributed by atoms with Gasteiger partial charge in [-0.25, -0.2) is 0 Å². The molecule has 0 radical (unpaired) electrons. The van der Waals surface area contributed by atoms with E-state index in [4.69, 9.17) is 23.2 Å². The first-order chi connectivity index (χ1) is 5.24. The van der Waals surface area contributed by atoms with Gasteiger partial charge in [-0.15, -0.1) is 0 Å². The average Bonchev–Trinajstić information content (AvgIpc) is 1.95. The van der Waals surface area contributed by atoms with Crippen molar-refractivity contribution >= 4 is 28.9 Å². The van der Waals surface area contributed by atoms with Crippen LogP contribution in [0.1, 0.15) is 6.92 Å². The highest BCUT2D eigenvalue weighted by molar-refractivity contribution is 6.36. The summed E-state index contributed by atoms with van der Waals surface area (Å²) in [6.07, 6.45) is 0. The summed E-state index contributed by atoms with van der Waals surface area (Å²) in [6.45, 7) is 2.88. The zero-order valence-corrected chi connectivity index (χ0v) is 7.71. The highest BCUT2D eigenvalue weighted by Crippen LogP contribution is 2.24. The molecule has 0 bridgehead atoms. The normalized spacial score (nSPS) is 9.73. The van der Waals surface area contributed by atoms with Crippen LogP contribution in [0.15, 0.2) is 18.2 Å². The summed E-state index contributed by atoms with van der Waals surface area (Å²) in [5, 5.41) is 4.44. The minimum atomic E-state index is 0.664. The maximum atomic E-state index is 5.86. The van der Waals surface area contributed by atoms with E-state index in [-0.39, 0.29) is 0 Å². The monoisotopic (exact) mass is 189 g/mol. The van der Waals surface area contributed by atoms with Crippen molar-refractivity contribution in [3.05, 3.63) is 28.2 Å². The summed E-state index contributed by atoms with van der Waals surface area (Å²) in [5.41, 5.74) is 0.929. The van der Waals surface area contributed by atoms with Gasteiger partial charge in [-0.2, -0.15) is 0 Å². The van der Waals surface area contributed by atoms with E-state index < -0.39 is 0 Å². The van der Waals surface area contributed by atoms with Crippen molar-refractivity contribution in [2.75, 3.05) is 11.9 Å². The van der Waals surface area contributed by atoms with E-state index in [0.29, 0.717) is 10.0 Å². The molecule has 0 spiro atoms. The molecule has 1 aromatic rings. The lowest BCUT2D eigenvalue weighted by Crippen LogP contribution is -1.96. The number of hydrogen-bond acceptors (Lipinski definition) is 1. The Morgan fingerprint density at radius 1 is 1.36 bits per heavy atom. The minimum absolute atomic E-state index is 0.664. The van der Waals surface area contributed by atoms with Crippen molar-refractivity contribution in [1.82, 2.24) is 0 Å². The largest absolute Gasteiger partial charge is 0.384 e. The van der Waals surface area contributed by atoms with Gasteiger partial charge in [-0.3, -0.25) is 0 Å². The van der Waals surface area contributed by atoms with Gasteiger partial charge in [0.15, 0.2) is 0 Å². The van der Waals surface area contributed by atoms with Gasteiger partial charge in [-0.1, -0.05) is 23.2 Å². The van der Waals surface area contributed by atoms with Crippen LogP contribution in [0.25, 0.3) is 0 Å². The van der Waals surface area contributed by atoms with Crippen LogP contribution in [0.5, 0.6) is 0 Å². The van der Waals surface area contributed by atoms with Crippen LogP contribution in [0, 0.1) is 0 Å². The Kier molecular flexibility index (Phi) is 3.03. The van der Waals surface area contributed by atoms with Gasteiger partial charge in [0.2, 0.25) is 0 Å². The van der Waals surface area contributed by atoms with Gasteiger partial charge in [0.25, 0.3) is 0 Å². The molecule has 0 aliphatic rings. The van der Waals surface area contributed by atoms with Crippen LogP contribution in [0.4, 0.5) is 5.69 Å². The van der Waals surface area contributed by atoms with E-state index in [1.807, 2.05) is 19.1 Å². The number of nitrogens with one attached hydrogen (secondary N) is 1. The molecule has 0 heterocycles. The van der Waals surface area contributed by atoms with Crippen molar-refractivity contribution < 1.29 is 0 Å². The summed E-state index contributed by atoms with van der Waals surface area (Å²) in [7, 11) is 0. The zero-order chi connectivity index (χ0) is 8.27. The highest BCUT2D eigenvalue weighted by Gasteiger charge is 1.97. The molecule has 1 rings (SSSR count). The average molecular weight is 190 g/mol. The van der Waals surface area contributed by atoms with Crippen molar-refractivity contribution in [2.45, 2.75) is 6.92 Å². The molecule has 0 atom stereocenters. The zero-order valence-electron chi connectivity index (χ0n) is 6.20. The minimum Gasteiger partial charge on any atom is -0.384 e. The van der Waals surface area contributed by atoms with Gasteiger partial charge < -0.3 is 5.32 Å². The smallest absolute Gasteiger partial charge is 0.0652 e. The molecule has 3 heteroatoms. The molecule has 0 aliphatic carbocycles. The van der Waals surface area contributed by atoms with Crippen molar-refractivity contribution in [3.8, 4) is 0 Å². The van der Waals surface area contributed by atoms with Crippen LogP contribution < -0.4 is 5.32 Å². The number of hydrogen-bond donors (Lipinski definition) is 1. The molecule has 0 fully saturated rings. The molecule has 1 aromatic carbocycles. The van der Waals surface area contributed by atoms with E-state index in [1.54, 1.807) is 6.07 Å². The Hall–Kier alpha value is -0.400. The fourth-order valence-corrected chi connectivity index (χ4v) is 1.30. The van der Waals surface area contributed by atoms with Gasteiger partial charge in [0, 0.05) is 11.6 Å². The van der Waals surface area contributed by atoms with Gasteiger partial charge in [0.05, 0.1) is 10.7 Å². The molecule has 0 aliphatic heterocycles. The highest BCUT2D eigenvalue weighted by atomic mass is 35.5. The topological polar surface area (TPSA) is 12.0 Å². The second-order valence-electron chi connectivity index (χ2n) is 2.15. The second kappa shape index (κ2) is 3.84. The number of anilines is 1. The Morgan fingerprint density at radius 3 is 2.64 bits per heavy atom. The van der Waals surface area contributed by atoms with Gasteiger partial charge in [-0.05, 0) is 25.1 Å². The third-order valence-electron chi connectivity index (χ3n) is 1.30. The molecule has 11 heavy (non-hydrogen) atoms. The summed E-state index contributed by atoms with van der Waals surface area (Å²) >= 11 is 11.6. The number of benzene rings is 1. The predicted octanol–water partition coefficient (Wildman–Crippen LogP) is 3.43. The molecule has 1 nitrogen and oxygen atoms in total. The predicted molar refractivity (Wildman–Crippen MR) is 50.6 cm³/mol. The van der Waals surface area contributed by atoms with E-state index in [2.05, 4.69) is 5.32 Å². The summed E-state index contributed by atoms with van der Waals surface area (Å²) in [5.74, 6) is 0. The fourth-order valence-electron chi connectivity index (χ4n) is 0.823. The standard InChI is InChI=1S/C8H9Cl2N/c1-2-11-8-4-3-6(9)5-7(8)10/h3-5,11H,2H2,1H3. The molecular weight excluding hydrogens is 181 g/mol. The van der Waals surface area contributed by atoms with Gasteiger partial charge >= 0.3 is 0 Å². The molecule has 0 aromatic heterocycles. The molecule has 0 saturated heterocycles. The second-order valence-corrected chi connectivity index (χ2v) is 3.00. The molecule has 1 N–H and O–H groups in total. The maximum absolute atomic E-state index is 5.86. The quantitative estimate of drug-likeness (QED) is 0.753. The maximum Gasteiger partial charge on any atom is 0.0652 e.